The number of aryl methyl sites for hydroxylation is 1. The van der Waals surface area contributed by atoms with Crippen molar-refractivity contribution in [3.05, 3.63) is 65.7 Å². The van der Waals surface area contributed by atoms with Gasteiger partial charge in [0.15, 0.2) is 0 Å². The Balaban J connectivity index is 1.84. The van der Waals surface area contributed by atoms with E-state index in [9.17, 15) is 19.8 Å². The van der Waals surface area contributed by atoms with Crippen molar-refractivity contribution in [2.75, 3.05) is 18.5 Å². The maximum absolute atomic E-state index is 10.9. The predicted molar refractivity (Wildman–Crippen MR) is 130 cm³/mol. The van der Waals surface area contributed by atoms with Gasteiger partial charge in [-0.1, -0.05) is 24.3 Å². The molecule has 0 heterocycles. The Morgan fingerprint density at radius 1 is 1.03 bits per heavy atom. The van der Waals surface area contributed by atoms with Crippen LogP contribution in [0.15, 0.2) is 54.6 Å². The number of nitrogens with two attached hydrogens (primary N) is 1. The summed E-state index contributed by atoms with van der Waals surface area (Å²) in [6, 6.07) is 16.2. The molecule has 1 amide bonds. The van der Waals surface area contributed by atoms with Crippen LogP contribution in [0.4, 0.5) is 5.69 Å². The van der Waals surface area contributed by atoms with E-state index in [0.717, 1.165) is 16.7 Å². The first kappa shape index (κ1) is 24.6. The molecule has 34 heavy (non-hydrogen) atoms. The number of primary amides is 1. The summed E-state index contributed by atoms with van der Waals surface area (Å²) in [5, 5.41) is 32.4. The fourth-order valence-electron chi connectivity index (χ4n) is 3.64. The van der Waals surface area contributed by atoms with Crippen molar-refractivity contribution in [1.82, 2.24) is 0 Å². The summed E-state index contributed by atoms with van der Waals surface area (Å²) in [7, 11) is 0. The number of phenolic OH excluding ortho intramolecular Hbond substituents is 1. The Labute approximate surface area is 197 Å². The molecule has 6 N–H and O–H groups in total. The third-order valence-electron chi connectivity index (χ3n) is 5.34. The second-order valence-corrected chi connectivity index (χ2v) is 7.91. The van der Waals surface area contributed by atoms with Crippen molar-refractivity contribution in [3.8, 4) is 33.8 Å². The molecule has 0 radical (unpaired) electrons. The van der Waals surface area contributed by atoms with Crippen LogP contribution < -0.4 is 15.8 Å². The van der Waals surface area contributed by atoms with Crippen LogP contribution in [-0.2, 0) is 16.2 Å². The lowest BCUT2D eigenvalue weighted by Gasteiger charge is -2.16. The van der Waals surface area contributed by atoms with Gasteiger partial charge in [-0.3, -0.25) is 9.59 Å². The molecular formula is C26H28N2O6. The minimum Gasteiger partial charge on any atom is -0.507 e. The van der Waals surface area contributed by atoms with Gasteiger partial charge in [0.2, 0.25) is 5.91 Å². The maximum atomic E-state index is 10.9. The number of carbonyl (C=O) groups excluding carboxylic acids is 1. The number of amides is 1. The number of nitrogens with one attached hydrogen (secondary N) is 1. The number of anilines is 1. The lowest BCUT2D eigenvalue weighted by Crippen LogP contribution is -2.13. The number of phenols is 1. The molecule has 0 aliphatic rings. The lowest BCUT2D eigenvalue weighted by molar-refractivity contribution is -0.135. The van der Waals surface area contributed by atoms with Gasteiger partial charge in [-0.05, 0) is 71.5 Å². The Hall–Kier alpha value is -4.04. The number of aliphatic carboxylic acids is 1. The summed E-state index contributed by atoms with van der Waals surface area (Å²) < 4.78 is 5.69. The molecule has 0 aliphatic heterocycles. The van der Waals surface area contributed by atoms with E-state index in [1.165, 1.54) is 0 Å². The average molecular weight is 465 g/mol. The molecule has 8 nitrogen and oxygen atoms in total. The second kappa shape index (κ2) is 11.2. The molecule has 0 bridgehead atoms. The minimum absolute atomic E-state index is 0.0469. The topological polar surface area (TPSA) is 142 Å². The normalized spacial score (nSPS) is 10.6. The molecule has 3 aromatic carbocycles. The number of carboxylic acid groups (broad SMARTS) is 1. The first-order chi connectivity index (χ1) is 16.3. The van der Waals surface area contributed by atoms with E-state index < -0.39 is 5.97 Å². The molecular weight excluding hydrogens is 436 g/mol. The molecule has 3 aromatic rings. The largest absolute Gasteiger partial charge is 0.507 e. The van der Waals surface area contributed by atoms with Crippen LogP contribution >= 0.6 is 0 Å². The van der Waals surface area contributed by atoms with Gasteiger partial charge < -0.3 is 31.1 Å². The standard InChI is InChI=1S/C26H28N2O6/c1-16-10-22(19(15-29)12-23(16)28-14-26(32)33)21-8-7-18(13-24(21)30)17-4-2-5-20(11-17)34-9-3-6-25(27)31/h2,4-5,7-8,10-13,28-30H,3,6,9,14-15H2,1H3,(H2,27,31)(H,32,33). The first-order valence-corrected chi connectivity index (χ1v) is 10.8. The van der Waals surface area contributed by atoms with E-state index in [1.807, 2.05) is 43.3 Å². The van der Waals surface area contributed by atoms with Crippen molar-refractivity contribution in [2.45, 2.75) is 26.4 Å². The molecule has 178 valence electrons. The Morgan fingerprint density at radius 3 is 2.47 bits per heavy atom. The van der Waals surface area contributed by atoms with Gasteiger partial charge in [0.05, 0.1) is 13.2 Å². The van der Waals surface area contributed by atoms with Gasteiger partial charge in [0, 0.05) is 17.7 Å². The van der Waals surface area contributed by atoms with Crippen LogP contribution in [0, 0.1) is 6.92 Å². The highest BCUT2D eigenvalue weighted by Gasteiger charge is 2.14. The minimum atomic E-state index is -0.984. The quantitative estimate of drug-likeness (QED) is 0.273. The summed E-state index contributed by atoms with van der Waals surface area (Å²) >= 11 is 0. The van der Waals surface area contributed by atoms with E-state index in [4.69, 9.17) is 15.6 Å². The van der Waals surface area contributed by atoms with E-state index in [2.05, 4.69) is 5.32 Å². The number of aliphatic hydroxyl groups excluding tert-OH is 1. The van der Waals surface area contributed by atoms with Crippen molar-refractivity contribution in [2.24, 2.45) is 5.73 Å². The summed E-state index contributed by atoms with van der Waals surface area (Å²) in [5.41, 5.74) is 9.95. The summed E-state index contributed by atoms with van der Waals surface area (Å²) in [5.74, 6) is -0.653. The number of ether oxygens (including phenoxy) is 1. The van der Waals surface area contributed by atoms with Gasteiger partial charge in [0.1, 0.15) is 18.0 Å². The summed E-state index contributed by atoms with van der Waals surface area (Å²) in [6.45, 7) is 1.69. The zero-order valence-corrected chi connectivity index (χ0v) is 18.9. The molecule has 0 aromatic heterocycles. The van der Waals surface area contributed by atoms with Crippen LogP contribution in [0.1, 0.15) is 24.0 Å². The molecule has 0 aliphatic carbocycles. The van der Waals surface area contributed by atoms with Gasteiger partial charge >= 0.3 is 5.97 Å². The van der Waals surface area contributed by atoms with Gasteiger partial charge in [-0.2, -0.15) is 0 Å². The smallest absolute Gasteiger partial charge is 0.322 e. The Morgan fingerprint density at radius 2 is 1.79 bits per heavy atom. The third-order valence-corrected chi connectivity index (χ3v) is 5.34. The van der Waals surface area contributed by atoms with Crippen LogP contribution in [0.2, 0.25) is 0 Å². The monoisotopic (exact) mass is 464 g/mol. The predicted octanol–water partition coefficient (Wildman–Crippen LogP) is 3.67. The fourth-order valence-corrected chi connectivity index (χ4v) is 3.64. The van der Waals surface area contributed by atoms with Gasteiger partial charge in [-0.15, -0.1) is 0 Å². The van der Waals surface area contributed by atoms with Crippen molar-refractivity contribution in [3.63, 3.8) is 0 Å². The van der Waals surface area contributed by atoms with E-state index in [-0.39, 0.29) is 31.2 Å². The zero-order valence-electron chi connectivity index (χ0n) is 18.9. The number of aromatic hydroxyl groups is 1. The molecule has 0 atom stereocenters. The molecule has 0 saturated heterocycles. The Bertz CT molecular complexity index is 1190. The molecule has 0 unspecified atom stereocenters. The van der Waals surface area contributed by atoms with Crippen LogP contribution in [0.25, 0.3) is 22.3 Å². The molecule has 8 heteroatoms. The van der Waals surface area contributed by atoms with E-state index in [1.54, 1.807) is 18.2 Å². The number of rotatable bonds is 11. The van der Waals surface area contributed by atoms with E-state index in [0.29, 0.717) is 41.2 Å². The average Bonchev–Trinajstić information content (AvgIpc) is 2.81. The highest BCUT2D eigenvalue weighted by atomic mass is 16.5. The van der Waals surface area contributed by atoms with Gasteiger partial charge in [0.25, 0.3) is 0 Å². The number of hydrogen-bond acceptors (Lipinski definition) is 6. The van der Waals surface area contributed by atoms with Crippen LogP contribution in [0.5, 0.6) is 11.5 Å². The lowest BCUT2D eigenvalue weighted by atomic mass is 9.94. The number of carbonyl (C=O) groups is 2. The van der Waals surface area contributed by atoms with Crippen LogP contribution in [0.3, 0.4) is 0 Å². The zero-order chi connectivity index (χ0) is 24.7. The Kier molecular flexibility index (Phi) is 8.10. The highest BCUT2D eigenvalue weighted by molar-refractivity contribution is 5.81. The van der Waals surface area contributed by atoms with Gasteiger partial charge in [-0.25, -0.2) is 0 Å². The molecule has 3 rings (SSSR count). The number of benzene rings is 3. The summed E-state index contributed by atoms with van der Waals surface area (Å²) in [6.07, 6.45) is 0.799. The van der Waals surface area contributed by atoms with Crippen molar-refractivity contribution >= 4 is 17.6 Å². The highest BCUT2D eigenvalue weighted by Crippen LogP contribution is 2.37. The van der Waals surface area contributed by atoms with E-state index >= 15 is 0 Å². The second-order valence-electron chi connectivity index (χ2n) is 7.91. The molecule has 0 fully saturated rings. The molecule has 0 spiro atoms. The number of hydrogen-bond donors (Lipinski definition) is 5. The maximum Gasteiger partial charge on any atom is 0.322 e. The van der Waals surface area contributed by atoms with Crippen LogP contribution in [-0.4, -0.2) is 40.3 Å². The summed E-state index contributed by atoms with van der Waals surface area (Å²) in [4.78, 5) is 21.7. The third kappa shape index (κ3) is 6.26. The fraction of sp³-hybridized carbons (Fsp3) is 0.231. The molecule has 0 saturated carbocycles. The number of aliphatic hydroxyl groups is 1. The van der Waals surface area contributed by atoms with Crippen molar-refractivity contribution < 1.29 is 29.6 Å². The SMILES string of the molecule is Cc1cc(-c2ccc(-c3cccc(OCCCC(N)=O)c3)cc2O)c(CO)cc1NCC(=O)O. The number of carboxylic acids is 1. The van der Waals surface area contributed by atoms with Crippen molar-refractivity contribution in [1.29, 1.82) is 0 Å². The first-order valence-electron chi connectivity index (χ1n) is 10.8.